The van der Waals surface area contributed by atoms with Gasteiger partial charge in [-0.1, -0.05) is 46.9 Å². The van der Waals surface area contributed by atoms with E-state index in [1.807, 2.05) is 0 Å². The van der Waals surface area contributed by atoms with Crippen LogP contribution in [0.5, 0.6) is 23.0 Å². The normalized spacial score (nSPS) is 9.98. The van der Waals surface area contributed by atoms with Gasteiger partial charge < -0.3 is 31.3 Å². The molecule has 259 valence electrons. The van der Waals surface area contributed by atoms with E-state index < -0.39 is 23.3 Å². The van der Waals surface area contributed by atoms with E-state index in [-0.39, 0.29) is 18.6 Å². The molecule has 5 nitrogen and oxygen atoms in total. The minimum absolute atomic E-state index is 0. The van der Waals surface area contributed by atoms with E-state index in [0.717, 1.165) is 0 Å². The van der Waals surface area contributed by atoms with Crippen LogP contribution >= 0.6 is 80.0 Å². The van der Waals surface area contributed by atoms with E-state index in [2.05, 4.69) is 0 Å². The highest BCUT2D eigenvalue weighted by atomic mass is 127. The van der Waals surface area contributed by atoms with Gasteiger partial charge in [0.05, 0.1) is 28.5 Å². The lowest BCUT2D eigenvalue weighted by atomic mass is 9.97. The van der Waals surface area contributed by atoms with Crippen LogP contribution in [0.3, 0.4) is 0 Å². The van der Waals surface area contributed by atoms with Crippen LogP contribution in [-0.2, 0) is 0 Å². The summed E-state index contributed by atoms with van der Waals surface area (Å²) in [4.78, 5) is 0. The first-order valence-electron chi connectivity index (χ1n) is 13.3. The fraction of sp³-hybridized carbons (Fsp3) is 0.0882. The third-order valence-electron chi connectivity index (χ3n) is 6.28. The molecule has 5 aromatic rings. The zero-order valence-electron chi connectivity index (χ0n) is 26.1. The zero-order chi connectivity index (χ0) is 35.5. The molecule has 0 amide bonds. The number of hydrogen-bond donors (Lipinski definition) is 1. The maximum absolute atomic E-state index is 14.8. The second kappa shape index (κ2) is 20.3. The third-order valence-corrected chi connectivity index (χ3v) is 8.65. The average molecular weight is 962 g/mol. The lowest BCUT2D eigenvalue weighted by molar-refractivity contribution is 0.381. The van der Waals surface area contributed by atoms with Crippen molar-refractivity contribution in [3.8, 4) is 45.3 Å². The van der Waals surface area contributed by atoms with Crippen molar-refractivity contribution >= 4 is 87.7 Å². The Labute approximate surface area is 325 Å². The smallest absolute Gasteiger partial charge is 0.535 e. The summed E-state index contributed by atoms with van der Waals surface area (Å²) >= 11 is 21.1. The van der Waals surface area contributed by atoms with E-state index in [0.29, 0.717) is 64.0 Å². The van der Waals surface area contributed by atoms with Crippen LogP contribution in [-0.4, -0.2) is 34.0 Å². The summed E-state index contributed by atoms with van der Waals surface area (Å²) in [5.41, 5.74) is 0.964. The summed E-state index contributed by atoms with van der Waals surface area (Å²) in [7, 11) is 4.97. The van der Waals surface area contributed by atoms with Crippen molar-refractivity contribution in [1.82, 2.24) is 0 Å². The monoisotopic (exact) mass is 960 g/mol. The largest absolute Gasteiger partial charge is 0.569 e. The molecule has 1 radical (unpaired) electrons. The molecule has 0 aliphatic heterocycles. The van der Waals surface area contributed by atoms with Crippen LogP contribution in [0.15, 0.2) is 78.9 Å². The second-order valence-electron chi connectivity index (χ2n) is 9.15. The topological polar surface area (TPSA) is 57.2 Å². The highest BCUT2D eigenvalue weighted by molar-refractivity contribution is 14.1. The van der Waals surface area contributed by atoms with E-state index in [4.69, 9.17) is 58.7 Å². The van der Waals surface area contributed by atoms with Gasteiger partial charge in [-0.3, -0.25) is 0 Å². The third kappa shape index (κ3) is 11.2. The van der Waals surface area contributed by atoms with Crippen LogP contribution in [0.25, 0.3) is 22.3 Å². The fourth-order valence-electron chi connectivity index (χ4n) is 4.04. The molecule has 0 aliphatic rings. The summed E-state index contributed by atoms with van der Waals surface area (Å²) in [5, 5.41) is 9.80. The van der Waals surface area contributed by atoms with Gasteiger partial charge in [0.2, 0.25) is 0 Å². The van der Waals surface area contributed by atoms with E-state index in [1.165, 1.54) is 33.5 Å². The van der Waals surface area contributed by atoms with Gasteiger partial charge in [-0.15, -0.1) is 0 Å². The molecule has 0 saturated carbocycles. The summed E-state index contributed by atoms with van der Waals surface area (Å²) in [6, 6.07) is 20.4. The molecular formula is C34H26BCl3F4I2O5-. The van der Waals surface area contributed by atoms with Crippen molar-refractivity contribution in [3.05, 3.63) is 132 Å². The standard InChI is InChI=1S/C20H14Cl2F2O2.C7H7BClO3.C6H2F2I2.CH3/c1-25-17-9-11(21)3-5-13(17)15-7-8-16(20(24)19(15)23)14-6-4-12(22)10-18(14)26-2;1-11-7-4-5(9)2-3-6(7)12-8-10;7-5-3(9)1-2-4(10)6(5)8;/h3-10H,1-2H3;2-4,10H,1H3;1-2H;1H3/q;;;-1. The molecule has 0 atom stereocenters. The number of benzene rings is 5. The Morgan fingerprint density at radius 2 is 0.857 bits per heavy atom. The summed E-state index contributed by atoms with van der Waals surface area (Å²) in [6.45, 7) is 0. The van der Waals surface area contributed by atoms with Gasteiger partial charge in [0.1, 0.15) is 17.2 Å². The highest BCUT2D eigenvalue weighted by Crippen LogP contribution is 2.40. The van der Waals surface area contributed by atoms with Crippen LogP contribution in [0, 0.1) is 37.8 Å². The van der Waals surface area contributed by atoms with Gasteiger partial charge in [-0.05, 0) is 106 Å². The number of halogens is 9. The number of methoxy groups -OCH3 is 3. The molecule has 0 aromatic heterocycles. The SMILES string of the molecule is COc1cc(Cl)ccc1-c1ccc(-c2ccc(Cl)cc2OC)c(F)c1F.COc1cc(Cl)ccc1O[B]O.Fc1c(I)ccc(I)c1F.[CH3-]. The number of rotatable bonds is 7. The molecule has 5 aromatic carbocycles. The molecule has 49 heavy (non-hydrogen) atoms. The Balaban J connectivity index is 0.000000300. The molecular weight excluding hydrogens is 935 g/mol. The van der Waals surface area contributed by atoms with Gasteiger partial charge in [0, 0.05) is 43.4 Å². The molecule has 0 saturated heterocycles. The van der Waals surface area contributed by atoms with Crippen molar-refractivity contribution in [1.29, 1.82) is 0 Å². The zero-order valence-corrected chi connectivity index (χ0v) is 32.6. The molecule has 0 fully saturated rings. The lowest BCUT2D eigenvalue weighted by Crippen LogP contribution is -2.01. The van der Waals surface area contributed by atoms with Crippen LogP contribution in [0.2, 0.25) is 15.1 Å². The molecule has 0 spiro atoms. The number of ether oxygens (including phenoxy) is 3. The minimum Gasteiger partial charge on any atom is -0.535 e. The Kier molecular flexibility index (Phi) is 17.6. The predicted molar refractivity (Wildman–Crippen MR) is 205 cm³/mol. The van der Waals surface area contributed by atoms with Crippen molar-refractivity contribution in [3.63, 3.8) is 0 Å². The van der Waals surface area contributed by atoms with E-state index in [1.54, 1.807) is 112 Å². The molecule has 0 heterocycles. The predicted octanol–water partition coefficient (Wildman–Crippen LogP) is 11.5. The van der Waals surface area contributed by atoms with Crippen molar-refractivity contribution in [2.75, 3.05) is 21.3 Å². The van der Waals surface area contributed by atoms with Crippen molar-refractivity contribution in [2.45, 2.75) is 0 Å². The summed E-state index contributed by atoms with van der Waals surface area (Å²) in [6.07, 6.45) is 0. The quantitative estimate of drug-likeness (QED) is 0.0440. The fourth-order valence-corrected chi connectivity index (χ4v) is 5.36. The van der Waals surface area contributed by atoms with Crippen LogP contribution < -0.4 is 18.9 Å². The van der Waals surface area contributed by atoms with Gasteiger partial charge in [-0.25, -0.2) is 17.6 Å². The van der Waals surface area contributed by atoms with Crippen molar-refractivity contribution < 1.29 is 41.5 Å². The Bertz CT molecular complexity index is 1780. The first kappa shape index (κ1) is 42.5. The van der Waals surface area contributed by atoms with Crippen LogP contribution in [0.1, 0.15) is 0 Å². The molecule has 0 bridgehead atoms. The summed E-state index contributed by atoms with van der Waals surface area (Å²) in [5.74, 6) is -1.88. The lowest BCUT2D eigenvalue weighted by Gasteiger charge is -2.14. The maximum Gasteiger partial charge on any atom is 0.569 e. The van der Waals surface area contributed by atoms with E-state index in [9.17, 15) is 17.6 Å². The minimum atomic E-state index is -0.986. The van der Waals surface area contributed by atoms with Gasteiger partial charge in [0.15, 0.2) is 29.0 Å². The Morgan fingerprint density at radius 1 is 0.510 bits per heavy atom. The van der Waals surface area contributed by atoms with Gasteiger partial charge >= 0.3 is 7.69 Å². The molecule has 5 rings (SSSR count). The molecule has 15 heteroatoms. The first-order valence-corrected chi connectivity index (χ1v) is 16.6. The molecule has 0 aliphatic carbocycles. The Morgan fingerprint density at radius 3 is 1.22 bits per heavy atom. The van der Waals surface area contributed by atoms with Gasteiger partial charge in [-0.2, -0.15) is 0 Å². The van der Waals surface area contributed by atoms with E-state index >= 15 is 0 Å². The highest BCUT2D eigenvalue weighted by Gasteiger charge is 2.20. The van der Waals surface area contributed by atoms with Gasteiger partial charge in [0.25, 0.3) is 0 Å². The summed E-state index contributed by atoms with van der Waals surface area (Å²) < 4.78 is 75.6. The first-order chi connectivity index (χ1) is 22.9. The average Bonchev–Trinajstić information content (AvgIpc) is 3.08. The van der Waals surface area contributed by atoms with Crippen LogP contribution in [0.4, 0.5) is 17.6 Å². The van der Waals surface area contributed by atoms with Crippen molar-refractivity contribution in [2.24, 2.45) is 0 Å². The maximum atomic E-state index is 14.8. The second-order valence-corrected chi connectivity index (χ2v) is 12.8. The Hall–Kier alpha value is -2.63. The number of hydrogen-bond acceptors (Lipinski definition) is 5. The molecule has 1 N–H and O–H groups in total. The molecule has 0 unspecified atom stereocenters.